The molecule has 0 saturated carbocycles. The van der Waals surface area contributed by atoms with Crippen LogP contribution < -0.4 is 0 Å². The van der Waals surface area contributed by atoms with Gasteiger partial charge < -0.3 is 19.1 Å². The first kappa shape index (κ1) is 59.9. The summed E-state index contributed by atoms with van der Waals surface area (Å²) < 4.78 is 17.0. The van der Waals surface area contributed by atoms with Crippen LogP contribution in [0.3, 0.4) is 0 Å². The minimum absolute atomic E-state index is 0.0817. The lowest BCUT2D eigenvalue weighted by atomic mass is 9.94. The van der Waals surface area contributed by atoms with E-state index in [-0.39, 0.29) is 23.8 Å². The summed E-state index contributed by atoms with van der Waals surface area (Å²) in [6.07, 6.45) is 48.9. The fourth-order valence-corrected chi connectivity index (χ4v) is 8.88. The van der Waals surface area contributed by atoms with Crippen LogP contribution in [-0.2, 0) is 23.8 Å². The van der Waals surface area contributed by atoms with E-state index >= 15 is 0 Å². The molecule has 364 valence electrons. The Kier molecular flexibility index (Phi) is 48.9. The maximum Gasteiger partial charge on any atom is 0.308 e. The molecule has 0 amide bonds. The lowest BCUT2D eigenvalue weighted by Gasteiger charge is -2.22. The SMILES string of the molecule is CCCCCCCCC(CCCCCC)C(=O)OCCCCCCCCCN(CCCCCCCCCOC(=O)C(CCCCCC)CCCCCCCC)CCCCOC. The van der Waals surface area contributed by atoms with Gasteiger partial charge in [0.05, 0.1) is 25.0 Å². The summed E-state index contributed by atoms with van der Waals surface area (Å²) in [5.74, 6) is 0.396. The van der Waals surface area contributed by atoms with Gasteiger partial charge in [-0.05, 0) is 83.8 Å². The third-order valence-electron chi connectivity index (χ3n) is 13.1. The molecular formula is C55H109NO5. The number of ether oxygens (including phenoxy) is 3. The van der Waals surface area contributed by atoms with Crippen LogP contribution in [0.1, 0.15) is 285 Å². The van der Waals surface area contributed by atoms with E-state index in [1.54, 1.807) is 0 Å². The van der Waals surface area contributed by atoms with Gasteiger partial charge in [-0.15, -0.1) is 0 Å². The molecule has 0 aromatic carbocycles. The van der Waals surface area contributed by atoms with Crippen LogP contribution in [0.15, 0.2) is 0 Å². The molecule has 0 spiro atoms. The van der Waals surface area contributed by atoms with Crippen molar-refractivity contribution in [2.45, 2.75) is 285 Å². The smallest absolute Gasteiger partial charge is 0.308 e. The molecule has 0 saturated heterocycles. The number of hydrogen-bond acceptors (Lipinski definition) is 6. The number of hydrogen-bond donors (Lipinski definition) is 0. The Hall–Kier alpha value is -1.14. The molecule has 0 aliphatic rings. The largest absolute Gasteiger partial charge is 0.465 e. The lowest BCUT2D eigenvalue weighted by molar-refractivity contribution is -0.150. The predicted octanol–water partition coefficient (Wildman–Crippen LogP) is 16.9. The molecule has 0 aromatic rings. The van der Waals surface area contributed by atoms with Crippen molar-refractivity contribution in [3.63, 3.8) is 0 Å². The Morgan fingerprint density at radius 2 is 0.574 bits per heavy atom. The number of rotatable bonds is 51. The van der Waals surface area contributed by atoms with Gasteiger partial charge in [-0.1, -0.05) is 220 Å². The topological polar surface area (TPSA) is 65.1 Å². The van der Waals surface area contributed by atoms with E-state index in [9.17, 15) is 9.59 Å². The number of nitrogens with zero attached hydrogens (tertiary/aromatic N) is 1. The monoisotopic (exact) mass is 864 g/mol. The van der Waals surface area contributed by atoms with Crippen LogP contribution in [0.4, 0.5) is 0 Å². The molecule has 6 heteroatoms. The normalized spacial score (nSPS) is 12.6. The molecule has 0 N–H and O–H groups in total. The Morgan fingerprint density at radius 1 is 0.328 bits per heavy atom. The van der Waals surface area contributed by atoms with Crippen LogP contribution in [-0.4, -0.2) is 63.4 Å². The van der Waals surface area contributed by atoms with Crippen molar-refractivity contribution in [3.8, 4) is 0 Å². The quantitative estimate of drug-likeness (QED) is 0.0448. The molecule has 2 unspecified atom stereocenters. The van der Waals surface area contributed by atoms with Gasteiger partial charge in [0.1, 0.15) is 0 Å². The fourth-order valence-electron chi connectivity index (χ4n) is 8.88. The van der Waals surface area contributed by atoms with Crippen molar-refractivity contribution in [3.05, 3.63) is 0 Å². The average Bonchev–Trinajstić information content (AvgIpc) is 3.26. The second kappa shape index (κ2) is 49.9. The molecule has 61 heavy (non-hydrogen) atoms. The summed E-state index contributed by atoms with van der Waals surface area (Å²) >= 11 is 0. The first-order valence-electron chi connectivity index (χ1n) is 27.6. The zero-order valence-electron chi connectivity index (χ0n) is 42.2. The standard InChI is InChI=1S/C55H109NO5/c1-6-10-14-18-26-34-44-52(42-32-16-12-8-3)54(57)60-50-39-30-24-20-22-28-36-46-56(48-38-41-49-59-5)47-37-29-23-21-25-31-40-51-61-55(58)53(43-33-17-13-9-4)45-35-27-19-15-11-7-2/h52-53H,6-51H2,1-5H3. The van der Waals surface area contributed by atoms with Crippen molar-refractivity contribution >= 4 is 11.9 Å². The van der Waals surface area contributed by atoms with Gasteiger partial charge in [-0.2, -0.15) is 0 Å². The van der Waals surface area contributed by atoms with Gasteiger partial charge in [0, 0.05) is 13.7 Å². The lowest BCUT2D eigenvalue weighted by Crippen LogP contribution is -2.27. The van der Waals surface area contributed by atoms with Crippen LogP contribution >= 0.6 is 0 Å². The van der Waals surface area contributed by atoms with E-state index < -0.39 is 0 Å². The van der Waals surface area contributed by atoms with E-state index in [2.05, 4.69) is 32.6 Å². The van der Waals surface area contributed by atoms with Crippen molar-refractivity contribution in [2.75, 3.05) is 46.6 Å². The number of unbranched alkanes of at least 4 members (excludes halogenated alkanes) is 29. The Labute approximate surface area is 382 Å². The van der Waals surface area contributed by atoms with E-state index in [0.29, 0.717) is 13.2 Å². The molecular weight excluding hydrogens is 755 g/mol. The summed E-state index contributed by atoms with van der Waals surface area (Å²) in [5, 5.41) is 0. The minimum Gasteiger partial charge on any atom is -0.465 e. The van der Waals surface area contributed by atoms with Crippen molar-refractivity contribution < 1.29 is 23.8 Å². The zero-order valence-corrected chi connectivity index (χ0v) is 42.2. The molecule has 0 bridgehead atoms. The number of carbonyl (C=O) groups is 2. The average molecular weight is 864 g/mol. The zero-order chi connectivity index (χ0) is 44.5. The maximum atomic E-state index is 13.0. The highest BCUT2D eigenvalue weighted by Gasteiger charge is 2.20. The highest BCUT2D eigenvalue weighted by atomic mass is 16.5. The van der Waals surface area contributed by atoms with Crippen LogP contribution in [0, 0.1) is 11.8 Å². The summed E-state index contributed by atoms with van der Waals surface area (Å²) in [6.45, 7) is 14.7. The van der Waals surface area contributed by atoms with Crippen LogP contribution in [0.25, 0.3) is 0 Å². The Bertz CT molecular complexity index is 818. The highest BCUT2D eigenvalue weighted by Crippen LogP contribution is 2.23. The van der Waals surface area contributed by atoms with Crippen LogP contribution in [0.2, 0.25) is 0 Å². The van der Waals surface area contributed by atoms with Gasteiger partial charge in [0.25, 0.3) is 0 Å². The van der Waals surface area contributed by atoms with Crippen molar-refractivity contribution in [1.82, 2.24) is 4.90 Å². The molecule has 0 fully saturated rings. The van der Waals surface area contributed by atoms with Crippen LogP contribution in [0.5, 0.6) is 0 Å². The third-order valence-corrected chi connectivity index (χ3v) is 13.1. The Balaban J connectivity index is 4.19. The Morgan fingerprint density at radius 3 is 0.902 bits per heavy atom. The van der Waals surface area contributed by atoms with Gasteiger partial charge in [0.15, 0.2) is 0 Å². The summed E-state index contributed by atoms with van der Waals surface area (Å²) in [4.78, 5) is 28.6. The number of esters is 2. The molecule has 0 radical (unpaired) electrons. The maximum absolute atomic E-state index is 13.0. The molecule has 0 rings (SSSR count). The minimum atomic E-state index is 0.0817. The third kappa shape index (κ3) is 42.6. The van der Waals surface area contributed by atoms with Gasteiger partial charge >= 0.3 is 11.9 Å². The first-order valence-corrected chi connectivity index (χ1v) is 27.6. The fraction of sp³-hybridized carbons (Fsp3) is 0.964. The molecule has 0 heterocycles. The second-order valence-electron chi connectivity index (χ2n) is 19.0. The second-order valence-corrected chi connectivity index (χ2v) is 19.0. The molecule has 6 nitrogen and oxygen atoms in total. The van der Waals surface area contributed by atoms with Gasteiger partial charge in [0.2, 0.25) is 0 Å². The first-order chi connectivity index (χ1) is 30.0. The molecule has 0 aliphatic carbocycles. The van der Waals surface area contributed by atoms with Gasteiger partial charge in [-0.3, -0.25) is 9.59 Å². The summed E-state index contributed by atoms with van der Waals surface area (Å²) in [7, 11) is 1.81. The summed E-state index contributed by atoms with van der Waals surface area (Å²) in [5.41, 5.74) is 0. The molecule has 0 aliphatic heterocycles. The van der Waals surface area contributed by atoms with E-state index in [0.717, 1.165) is 64.4 Å². The van der Waals surface area contributed by atoms with E-state index in [4.69, 9.17) is 14.2 Å². The summed E-state index contributed by atoms with van der Waals surface area (Å²) in [6, 6.07) is 0. The number of methoxy groups -OCH3 is 1. The van der Waals surface area contributed by atoms with Crippen molar-refractivity contribution in [1.29, 1.82) is 0 Å². The van der Waals surface area contributed by atoms with E-state index in [1.807, 2.05) is 7.11 Å². The highest BCUT2D eigenvalue weighted by molar-refractivity contribution is 5.72. The van der Waals surface area contributed by atoms with E-state index in [1.165, 1.54) is 219 Å². The molecule has 2 atom stereocenters. The molecule has 0 aromatic heterocycles. The predicted molar refractivity (Wildman–Crippen MR) is 265 cm³/mol. The van der Waals surface area contributed by atoms with Crippen molar-refractivity contribution in [2.24, 2.45) is 11.8 Å². The van der Waals surface area contributed by atoms with Gasteiger partial charge in [-0.25, -0.2) is 0 Å². The number of carbonyl (C=O) groups excluding carboxylic acids is 2.